The maximum atomic E-state index is 5.08. The summed E-state index contributed by atoms with van der Waals surface area (Å²) >= 11 is 4.22. The lowest BCUT2D eigenvalue weighted by Gasteiger charge is -1.76. The van der Waals surface area contributed by atoms with E-state index in [1.807, 2.05) is 0 Å². The van der Waals surface area contributed by atoms with E-state index in [9.17, 15) is 0 Å². The molecule has 0 aliphatic heterocycles. The Morgan fingerprint density at radius 2 is 1.50 bits per heavy atom. The first kappa shape index (κ1) is 5.42. The number of nitrogens with two attached hydrogens (primary N) is 1. The summed E-state index contributed by atoms with van der Waals surface area (Å²) in [5.41, 5.74) is 5.08. The van der Waals surface area contributed by atoms with Crippen molar-refractivity contribution in [2.45, 2.75) is 2.06 Å². The molecule has 0 amide bonds. The fraction of sp³-hybridized carbons (Fsp3) is 1.00. The van der Waals surface area contributed by atoms with E-state index in [4.69, 9.17) is 5.73 Å². The molecule has 0 aliphatic rings. The molecule has 0 atom stereocenters. The van der Waals surface area contributed by atoms with Crippen molar-refractivity contribution in [3.05, 3.63) is 0 Å². The van der Waals surface area contributed by atoms with Crippen LogP contribution in [0.5, 0.6) is 0 Å². The van der Waals surface area contributed by atoms with Crippen molar-refractivity contribution >= 4 is 45.2 Å². The van der Waals surface area contributed by atoms with Crippen LogP contribution in [-0.2, 0) is 0 Å². The van der Waals surface area contributed by atoms with Crippen LogP contribution in [0.2, 0.25) is 0 Å². The van der Waals surface area contributed by atoms with Crippen LogP contribution in [0.3, 0.4) is 0 Å². The molecule has 4 heavy (non-hydrogen) atoms. The van der Waals surface area contributed by atoms with Crippen LogP contribution in [0.1, 0.15) is 0 Å². The molecule has 0 radical (unpaired) electrons. The molecule has 0 aromatic heterocycles. The third kappa shape index (κ3) is 9.93. The van der Waals surface area contributed by atoms with Crippen LogP contribution in [0.4, 0.5) is 0 Å². The van der Waals surface area contributed by atoms with Crippen molar-refractivity contribution in [2.75, 3.05) is 0 Å². The summed E-state index contributed by atoms with van der Waals surface area (Å²) in [6, 6.07) is 0. The van der Waals surface area contributed by atoms with E-state index < -0.39 is 0 Å². The van der Waals surface area contributed by atoms with Gasteiger partial charge in [-0.3, -0.25) is 0 Å². The van der Waals surface area contributed by atoms with Gasteiger partial charge >= 0.3 is 0 Å². The van der Waals surface area contributed by atoms with Gasteiger partial charge in [-0.1, -0.05) is 45.2 Å². The van der Waals surface area contributed by atoms with E-state index in [0.717, 1.165) is 0 Å². The van der Waals surface area contributed by atoms with Crippen LogP contribution in [0.15, 0.2) is 0 Å². The molecule has 0 unspecified atom stereocenters. The highest BCUT2D eigenvalue weighted by molar-refractivity contribution is 14.2. The van der Waals surface area contributed by atoms with Gasteiger partial charge in [-0.2, -0.15) is 0 Å². The minimum Gasteiger partial charge on any atom is -0.311 e. The Labute approximate surface area is 52.6 Å². The zero-order chi connectivity index (χ0) is 3.58. The maximum Gasteiger partial charge on any atom is 0.109 e. The second-order valence-electron chi connectivity index (χ2n) is 0.334. The lowest BCUT2D eigenvalue weighted by Crippen LogP contribution is -1.96. The van der Waals surface area contributed by atoms with Crippen LogP contribution < -0.4 is 5.73 Å². The second-order valence-corrected chi connectivity index (χ2v) is 5.40. The highest BCUT2D eigenvalue weighted by Crippen LogP contribution is 1.97. The maximum absolute atomic E-state index is 5.08. The van der Waals surface area contributed by atoms with Gasteiger partial charge in [-0.25, -0.2) is 0 Å². The van der Waals surface area contributed by atoms with E-state index in [1.54, 1.807) is 0 Å². The Kier molecular flexibility index (Phi) is 3.59. The number of hydrogen-bond acceptors (Lipinski definition) is 1. The lowest BCUT2D eigenvalue weighted by atomic mass is 11.6. The summed E-state index contributed by atoms with van der Waals surface area (Å²) < 4.78 is 0.273. The molecule has 0 fully saturated rings. The van der Waals surface area contributed by atoms with Gasteiger partial charge in [0.05, 0.1) is 0 Å². The van der Waals surface area contributed by atoms with Gasteiger partial charge < -0.3 is 5.73 Å². The minimum absolute atomic E-state index is 0.273. The molecule has 26 valence electrons. The van der Waals surface area contributed by atoms with Crippen molar-refractivity contribution in [1.29, 1.82) is 0 Å². The predicted molar refractivity (Wildman–Crippen MR) is 36.0 cm³/mol. The zero-order valence-electron chi connectivity index (χ0n) is 1.91. The third-order valence-electron chi connectivity index (χ3n) is 0. The monoisotopic (exact) mass is 283 g/mol. The Morgan fingerprint density at radius 3 is 1.50 bits per heavy atom. The molecule has 0 saturated heterocycles. The van der Waals surface area contributed by atoms with Gasteiger partial charge in [0.1, 0.15) is 2.06 Å². The first-order valence-electron chi connectivity index (χ1n) is 0.770. The van der Waals surface area contributed by atoms with Gasteiger partial charge in [0.15, 0.2) is 0 Å². The number of alkyl halides is 2. The topological polar surface area (TPSA) is 26.0 Å². The molecule has 0 saturated carbocycles. The summed E-state index contributed by atoms with van der Waals surface area (Å²) in [4.78, 5) is 0. The summed E-state index contributed by atoms with van der Waals surface area (Å²) in [5, 5.41) is 0. The smallest absolute Gasteiger partial charge is 0.109 e. The van der Waals surface area contributed by atoms with Crippen molar-refractivity contribution in [1.82, 2.24) is 0 Å². The number of rotatable bonds is 0. The van der Waals surface area contributed by atoms with Gasteiger partial charge in [0.2, 0.25) is 0 Å². The Morgan fingerprint density at radius 1 is 1.50 bits per heavy atom. The molecule has 0 spiro atoms. The van der Waals surface area contributed by atoms with Crippen molar-refractivity contribution in [3.63, 3.8) is 0 Å². The quantitative estimate of drug-likeness (QED) is 0.402. The van der Waals surface area contributed by atoms with Crippen LogP contribution >= 0.6 is 45.2 Å². The number of halogens is 2. The van der Waals surface area contributed by atoms with Crippen molar-refractivity contribution in [2.24, 2.45) is 5.73 Å². The molecule has 3 heteroatoms. The average molecular weight is 283 g/mol. The Hall–Kier alpha value is 1.42. The molecule has 0 bridgehead atoms. The fourth-order valence-electron chi connectivity index (χ4n) is 0. The third-order valence-corrected chi connectivity index (χ3v) is 0. The molecule has 2 N–H and O–H groups in total. The number of hydrogen-bond donors (Lipinski definition) is 1. The molecule has 0 rings (SSSR count). The molecule has 0 aliphatic carbocycles. The molecule has 0 aromatic carbocycles. The molecule has 1 nitrogen and oxygen atoms in total. The van der Waals surface area contributed by atoms with E-state index in [1.165, 1.54) is 0 Å². The van der Waals surface area contributed by atoms with Crippen molar-refractivity contribution < 1.29 is 0 Å². The lowest BCUT2D eigenvalue weighted by molar-refractivity contribution is 1.41. The largest absolute Gasteiger partial charge is 0.311 e. The summed E-state index contributed by atoms with van der Waals surface area (Å²) in [6.45, 7) is 0. The van der Waals surface area contributed by atoms with E-state index in [2.05, 4.69) is 45.2 Å². The Balaban J connectivity index is 2.32. The van der Waals surface area contributed by atoms with Gasteiger partial charge in [-0.05, 0) is 0 Å². The molecule has 0 heterocycles. The normalized spacial score (nSPS) is 9.00. The highest BCUT2D eigenvalue weighted by atomic mass is 127. The van der Waals surface area contributed by atoms with Crippen LogP contribution in [0.25, 0.3) is 0 Å². The summed E-state index contributed by atoms with van der Waals surface area (Å²) in [6.07, 6.45) is 0. The molecule has 0 aromatic rings. The minimum atomic E-state index is 0.273. The van der Waals surface area contributed by atoms with E-state index in [0.29, 0.717) is 0 Å². The van der Waals surface area contributed by atoms with Gasteiger partial charge in [0, 0.05) is 0 Å². The highest BCUT2D eigenvalue weighted by Gasteiger charge is 1.73. The fourth-order valence-corrected chi connectivity index (χ4v) is 0. The SMILES string of the molecule is NC(I)I. The van der Waals surface area contributed by atoms with Crippen LogP contribution in [-0.4, -0.2) is 2.06 Å². The first-order valence-corrected chi connectivity index (χ1v) is 3.26. The van der Waals surface area contributed by atoms with E-state index in [-0.39, 0.29) is 2.06 Å². The predicted octanol–water partition coefficient (Wildman–Crippen LogP) is 1.10. The molecular formula is CH3I2N. The van der Waals surface area contributed by atoms with Gasteiger partial charge in [-0.15, -0.1) is 0 Å². The average Bonchev–Trinajstić information content (AvgIpc) is 0.811. The molecular weight excluding hydrogens is 280 g/mol. The Bertz CT molecular complexity index is 10.8. The van der Waals surface area contributed by atoms with Crippen LogP contribution in [0, 0.1) is 0 Å². The first-order chi connectivity index (χ1) is 1.73. The zero-order valence-corrected chi connectivity index (χ0v) is 6.23. The van der Waals surface area contributed by atoms with Crippen molar-refractivity contribution in [3.8, 4) is 0 Å². The summed E-state index contributed by atoms with van der Waals surface area (Å²) in [7, 11) is 0. The summed E-state index contributed by atoms with van der Waals surface area (Å²) in [5.74, 6) is 0. The van der Waals surface area contributed by atoms with E-state index >= 15 is 0 Å². The standard InChI is InChI=1S/CH3I2N/c2-1(3)4/h1H,4H2. The second kappa shape index (κ2) is 2.65. The van der Waals surface area contributed by atoms with Gasteiger partial charge in [0.25, 0.3) is 0 Å².